The van der Waals surface area contributed by atoms with Gasteiger partial charge in [-0.2, -0.15) is 0 Å². The molecule has 2 aromatic carbocycles. The number of rotatable bonds is 5. The van der Waals surface area contributed by atoms with E-state index in [-0.39, 0.29) is 6.09 Å². The molecule has 2 N–H and O–H groups in total. The smallest absolute Gasteiger partial charge is 0.410 e. The average molecular weight is 439 g/mol. The van der Waals surface area contributed by atoms with Gasteiger partial charge in [0, 0.05) is 57.1 Å². The molecule has 2 saturated heterocycles. The third kappa shape index (κ3) is 5.10. The van der Waals surface area contributed by atoms with Gasteiger partial charge in [0.05, 0.1) is 12.8 Å². The monoisotopic (exact) mass is 438 g/mol. The number of anilines is 2. The topological polar surface area (TPSA) is 71.3 Å². The zero-order valence-corrected chi connectivity index (χ0v) is 19.1. The zero-order chi connectivity index (χ0) is 22.5. The molecule has 0 unspecified atom stereocenters. The maximum atomic E-state index is 12.4. The van der Waals surface area contributed by atoms with Crippen LogP contribution in [0, 0.1) is 6.92 Å². The Morgan fingerprint density at radius 3 is 2.38 bits per heavy atom. The number of benzene rings is 2. The van der Waals surface area contributed by atoms with E-state index in [1.807, 2.05) is 41.3 Å². The minimum absolute atomic E-state index is 0.212. The van der Waals surface area contributed by atoms with E-state index < -0.39 is 0 Å². The molecule has 0 atom stereocenters. The fraction of sp³-hybridized carbons (Fsp3) is 0.480. The standard InChI is InChI=1S/C25H34N4O3/c1-19-16-22(26)24(31-2)17-23(19)28-10-8-21(9-11-28)27-12-14-29(15-13-27)25(30)32-18-20-6-4-3-5-7-20/h3-7,16-17,21H,8-15,18,26H2,1-2H3. The van der Waals surface area contributed by atoms with E-state index >= 15 is 0 Å². The Kier molecular flexibility index (Phi) is 7.05. The summed E-state index contributed by atoms with van der Waals surface area (Å²) >= 11 is 0. The van der Waals surface area contributed by atoms with Gasteiger partial charge in [0.1, 0.15) is 12.4 Å². The first-order chi connectivity index (χ1) is 15.5. The number of hydrogen-bond donors (Lipinski definition) is 1. The lowest BCUT2D eigenvalue weighted by molar-refractivity contribution is 0.0554. The highest BCUT2D eigenvalue weighted by Gasteiger charge is 2.30. The van der Waals surface area contributed by atoms with Gasteiger partial charge in [-0.1, -0.05) is 30.3 Å². The van der Waals surface area contributed by atoms with Crippen LogP contribution in [-0.4, -0.2) is 68.3 Å². The van der Waals surface area contributed by atoms with Crippen molar-refractivity contribution in [3.63, 3.8) is 0 Å². The van der Waals surface area contributed by atoms with Gasteiger partial charge in [0.25, 0.3) is 0 Å². The van der Waals surface area contributed by atoms with Crippen LogP contribution in [0.4, 0.5) is 16.2 Å². The van der Waals surface area contributed by atoms with Crippen LogP contribution >= 0.6 is 0 Å². The van der Waals surface area contributed by atoms with Gasteiger partial charge in [-0.25, -0.2) is 4.79 Å². The highest BCUT2D eigenvalue weighted by molar-refractivity contribution is 5.68. The summed E-state index contributed by atoms with van der Waals surface area (Å²) in [5, 5.41) is 0. The maximum Gasteiger partial charge on any atom is 0.410 e. The molecule has 1 amide bonds. The van der Waals surface area contributed by atoms with Gasteiger partial charge in [-0.05, 0) is 37.0 Å². The van der Waals surface area contributed by atoms with Crippen LogP contribution in [0.5, 0.6) is 5.75 Å². The molecule has 2 heterocycles. The average Bonchev–Trinajstić information content (AvgIpc) is 2.83. The van der Waals surface area contributed by atoms with Crippen molar-refractivity contribution in [1.29, 1.82) is 0 Å². The number of nitrogens with zero attached hydrogens (tertiary/aromatic N) is 3. The number of piperazine rings is 1. The summed E-state index contributed by atoms with van der Waals surface area (Å²) in [7, 11) is 1.66. The fourth-order valence-electron chi connectivity index (χ4n) is 4.77. The molecule has 0 spiro atoms. The predicted molar refractivity (Wildman–Crippen MR) is 127 cm³/mol. The molecule has 0 bridgehead atoms. The third-order valence-corrected chi connectivity index (χ3v) is 6.65. The van der Waals surface area contributed by atoms with E-state index in [1.165, 1.54) is 11.3 Å². The second-order valence-electron chi connectivity index (χ2n) is 8.66. The maximum absolute atomic E-state index is 12.4. The number of amides is 1. The SMILES string of the molecule is COc1cc(N2CCC(N3CCN(C(=O)OCc4ccccc4)CC3)CC2)c(C)cc1N. The first-order valence-electron chi connectivity index (χ1n) is 11.4. The van der Waals surface area contributed by atoms with E-state index in [9.17, 15) is 4.79 Å². The summed E-state index contributed by atoms with van der Waals surface area (Å²) in [6, 6.07) is 14.4. The number of nitrogen functional groups attached to an aromatic ring is 1. The molecule has 0 aromatic heterocycles. The van der Waals surface area contributed by atoms with Crippen molar-refractivity contribution in [2.45, 2.75) is 32.4 Å². The van der Waals surface area contributed by atoms with Gasteiger partial charge >= 0.3 is 6.09 Å². The highest BCUT2D eigenvalue weighted by atomic mass is 16.6. The fourth-order valence-corrected chi connectivity index (χ4v) is 4.77. The van der Waals surface area contributed by atoms with Crippen LogP contribution in [0.25, 0.3) is 0 Å². The predicted octanol–water partition coefficient (Wildman–Crippen LogP) is 3.51. The second kappa shape index (κ2) is 10.1. The van der Waals surface area contributed by atoms with Gasteiger partial charge < -0.3 is 25.0 Å². The molecular formula is C25H34N4O3. The Hall–Kier alpha value is -2.93. The summed E-state index contributed by atoms with van der Waals surface area (Å²) in [6.07, 6.45) is 2.02. The summed E-state index contributed by atoms with van der Waals surface area (Å²) in [5.41, 5.74) is 10.1. The molecule has 0 saturated carbocycles. The van der Waals surface area contributed by atoms with Crippen molar-refractivity contribution < 1.29 is 14.3 Å². The van der Waals surface area contributed by atoms with Gasteiger partial charge in [0.15, 0.2) is 0 Å². The van der Waals surface area contributed by atoms with Crippen LogP contribution in [0.15, 0.2) is 42.5 Å². The van der Waals surface area contributed by atoms with Crippen molar-refractivity contribution in [2.24, 2.45) is 0 Å². The van der Waals surface area contributed by atoms with Gasteiger partial charge in [-0.3, -0.25) is 4.90 Å². The Morgan fingerprint density at radius 1 is 1.03 bits per heavy atom. The molecule has 2 aromatic rings. The van der Waals surface area contributed by atoms with Crippen LogP contribution < -0.4 is 15.4 Å². The zero-order valence-electron chi connectivity index (χ0n) is 19.1. The van der Waals surface area contributed by atoms with Crippen molar-refractivity contribution >= 4 is 17.5 Å². The van der Waals surface area contributed by atoms with Gasteiger partial charge in [0.2, 0.25) is 0 Å². The highest BCUT2D eigenvalue weighted by Crippen LogP contribution is 2.33. The minimum Gasteiger partial charge on any atom is -0.495 e. The molecule has 2 aliphatic heterocycles. The Morgan fingerprint density at radius 2 is 1.72 bits per heavy atom. The lowest BCUT2D eigenvalue weighted by Crippen LogP contribution is -2.54. The molecule has 0 radical (unpaired) electrons. The van der Waals surface area contributed by atoms with Crippen LogP contribution in [0.1, 0.15) is 24.0 Å². The van der Waals surface area contributed by atoms with Crippen molar-refractivity contribution in [3.8, 4) is 5.75 Å². The quantitative estimate of drug-likeness (QED) is 0.721. The molecule has 0 aliphatic carbocycles. The van der Waals surface area contributed by atoms with E-state index in [0.29, 0.717) is 18.3 Å². The normalized spacial score (nSPS) is 17.9. The minimum atomic E-state index is -0.212. The molecule has 7 nitrogen and oxygen atoms in total. The van der Waals surface area contributed by atoms with E-state index in [0.717, 1.165) is 63.4 Å². The molecule has 2 aliphatic rings. The number of hydrogen-bond acceptors (Lipinski definition) is 6. The summed E-state index contributed by atoms with van der Waals surface area (Å²) in [5.74, 6) is 0.739. The van der Waals surface area contributed by atoms with Crippen molar-refractivity contribution in [1.82, 2.24) is 9.80 Å². The summed E-state index contributed by atoms with van der Waals surface area (Å²) in [4.78, 5) is 19.2. The molecule has 4 rings (SSSR count). The van der Waals surface area contributed by atoms with Crippen molar-refractivity contribution in [3.05, 3.63) is 53.6 Å². The number of piperidine rings is 1. The first-order valence-corrected chi connectivity index (χ1v) is 11.4. The number of methoxy groups -OCH3 is 1. The van der Waals surface area contributed by atoms with Gasteiger partial charge in [-0.15, -0.1) is 0 Å². The number of carbonyl (C=O) groups is 1. The number of nitrogens with two attached hydrogens (primary N) is 1. The molecule has 2 fully saturated rings. The molecule has 172 valence electrons. The summed E-state index contributed by atoms with van der Waals surface area (Å²) in [6.45, 7) is 7.71. The lowest BCUT2D eigenvalue weighted by Gasteiger charge is -2.43. The van der Waals surface area contributed by atoms with Crippen LogP contribution in [0.3, 0.4) is 0 Å². The van der Waals surface area contributed by atoms with Crippen LogP contribution in [-0.2, 0) is 11.3 Å². The third-order valence-electron chi connectivity index (χ3n) is 6.65. The molecule has 32 heavy (non-hydrogen) atoms. The second-order valence-corrected chi connectivity index (χ2v) is 8.66. The molecular weight excluding hydrogens is 404 g/mol. The first kappa shape index (κ1) is 22.3. The van der Waals surface area contributed by atoms with E-state index in [4.69, 9.17) is 15.2 Å². The Balaban J connectivity index is 1.24. The number of ether oxygens (including phenoxy) is 2. The number of aryl methyl sites for hydroxylation is 1. The molecule has 7 heteroatoms. The largest absolute Gasteiger partial charge is 0.495 e. The Labute approximate surface area is 190 Å². The van der Waals surface area contributed by atoms with E-state index in [2.05, 4.69) is 22.8 Å². The Bertz CT molecular complexity index is 905. The van der Waals surface area contributed by atoms with Crippen LogP contribution in [0.2, 0.25) is 0 Å². The number of carbonyl (C=O) groups excluding carboxylic acids is 1. The van der Waals surface area contributed by atoms with E-state index in [1.54, 1.807) is 7.11 Å². The summed E-state index contributed by atoms with van der Waals surface area (Å²) < 4.78 is 10.9. The lowest BCUT2D eigenvalue weighted by atomic mass is 10.0. The van der Waals surface area contributed by atoms with Crippen molar-refractivity contribution in [2.75, 3.05) is 57.0 Å².